The Bertz CT molecular complexity index is 1090. The van der Waals surface area contributed by atoms with E-state index in [9.17, 15) is 22.8 Å². The minimum absolute atomic E-state index is 0.0441. The molecule has 0 aliphatic heterocycles. The Labute approximate surface area is 164 Å². The Morgan fingerprint density at radius 2 is 1.66 bits per heavy atom. The first kappa shape index (κ1) is 20.1. The molecule has 5 nitrogen and oxygen atoms in total. The number of nitrogens with one attached hydrogen (secondary N) is 2. The summed E-state index contributed by atoms with van der Waals surface area (Å²) in [6.45, 7) is 2.23. The number of pyridine rings is 1. The molecule has 8 heteroatoms. The third kappa shape index (κ3) is 4.78. The number of anilines is 1. The summed E-state index contributed by atoms with van der Waals surface area (Å²) < 4.78 is 40.0. The Balaban J connectivity index is 1.70. The number of hydrogen-bond donors (Lipinski definition) is 2. The summed E-state index contributed by atoms with van der Waals surface area (Å²) in [5.74, 6) is -5.85. The molecule has 0 atom stereocenters. The topological polar surface area (TPSA) is 71.1 Å². The van der Waals surface area contributed by atoms with Crippen LogP contribution in [0.2, 0.25) is 0 Å². The molecule has 0 aliphatic carbocycles. The van der Waals surface area contributed by atoms with Gasteiger partial charge in [-0.05, 0) is 30.7 Å². The number of benzene rings is 2. The van der Waals surface area contributed by atoms with Gasteiger partial charge in [-0.3, -0.25) is 14.6 Å². The van der Waals surface area contributed by atoms with Gasteiger partial charge < -0.3 is 10.6 Å². The number of aromatic nitrogens is 1. The molecule has 0 saturated heterocycles. The van der Waals surface area contributed by atoms with Gasteiger partial charge in [0, 0.05) is 18.9 Å². The first-order valence-electron chi connectivity index (χ1n) is 8.59. The highest BCUT2D eigenvalue weighted by atomic mass is 19.2. The van der Waals surface area contributed by atoms with Crippen LogP contribution in [0.1, 0.15) is 31.8 Å². The summed E-state index contributed by atoms with van der Waals surface area (Å²) in [5.41, 5.74) is 1.52. The zero-order valence-corrected chi connectivity index (χ0v) is 15.3. The number of rotatable bonds is 5. The lowest BCUT2D eigenvalue weighted by atomic mass is 10.1. The summed E-state index contributed by atoms with van der Waals surface area (Å²) >= 11 is 0. The first-order valence-corrected chi connectivity index (χ1v) is 8.59. The van der Waals surface area contributed by atoms with Gasteiger partial charge in [0.2, 0.25) is 0 Å². The molecule has 2 aromatic carbocycles. The molecule has 2 N–H and O–H groups in total. The van der Waals surface area contributed by atoms with Crippen LogP contribution in [0.4, 0.5) is 18.9 Å². The van der Waals surface area contributed by atoms with Gasteiger partial charge in [0.05, 0.1) is 16.8 Å². The molecule has 148 valence electrons. The Hall–Kier alpha value is -3.68. The van der Waals surface area contributed by atoms with E-state index in [0.29, 0.717) is 6.07 Å². The summed E-state index contributed by atoms with van der Waals surface area (Å²) in [7, 11) is 0. The predicted molar refractivity (Wildman–Crippen MR) is 101 cm³/mol. The molecule has 29 heavy (non-hydrogen) atoms. The van der Waals surface area contributed by atoms with E-state index in [1.807, 2.05) is 31.2 Å². The lowest BCUT2D eigenvalue weighted by Gasteiger charge is -2.09. The molecule has 3 rings (SSSR count). The minimum Gasteiger partial charge on any atom is -0.348 e. The van der Waals surface area contributed by atoms with Crippen LogP contribution in [0.5, 0.6) is 0 Å². The number of aryl methyl sites for hydroxylation is 1. The lowest BCUT2D eigenvalue weighted by Crippen LogP contribution is -2.23. The van der Waals surface area contributed by atoms with Gasteiger partial charge in [-0.25, -0.2) is 13.2 Å². The minimum atomic E-state index is -1.69. The smallest absolute Gasteiger partial charge is 0.257 e. The summed E-state index contributed by atoms with van der Waals surface area (Å²) in [5, 5.41) is 4.85. The molecule has 0 fully saturated rings. The van der Waals surface area contributed by atoms with Crippen LogP contribution >= 0.6 is 0 Å². The van der Waals surface area contributed by atoms with Gasteiger partial charge in [0.15, 0.2) is 17.5 Å². The van der Waals surface area contributed by atoms with Crippen LogP contribution in [0.25, 0.3) is 0 Å². The number of hydrogen-bond acceptors (Lipinski definition) is 3. The largest absolute Gasteiger partial charge is 0.348 e. The van der Waals surface area contributed by atoms with Crippen molar-refractivity contribution in [1.82, 2.24) is 10.3 Å². The quantitative estimate of drug-likeness (QED) is 0.638. The van der Waals surface area contributed by atoms with E-state index in [1.54, 1.807) is 0 Å². The van der Waals surface area contributed by atoms with Crippen LogP contribution in [0.15, 0.2) is 54.9 Å². The predicted octanol–water partition coefficient (Wildman–Crippen LogP) is 3.99. The van der Waals surface area contributed by atoms with Crippen molar-refractivity contribution in [2.75, 3.05) is 5.32 Å². The fourth-order valence-corrected chi connectivity index (χ4v) is 2.61. The van der Waals surface area contributed by atoms with E-state index >= 15 is 0 Å². The summed E-state index contributed by atoms with van der Waals surface area (Å²) in [4.78, 5) is 28.5. The number of carbonyl (C=O) groups is 2. The average molecular weight is 399 g/mol. The highest BCUT2D eigenvalue weighted by molar-refractivity contribution is 6.05. The van der Waals surface area contributed by atoms with Crippen molar-refractivity contribution in [2.24, 2.45) is 0 Å². The van der Waals surface area contributed by atoms with E-state index in [-0.39, 0.29) is 17.7 Å². The van der Waals surface area contributed by atoms with Crippen molar-refractivity contribution >= 4 is 17.5 Å². The Kier molecular flexibility index (Phi) is 5.92. The second-order valence-corrected chi connectivity index (χ2v) is 6.31. The second-order valence-electron chi connectivity index (χ2n) is 6.31. The third-order valence-corrected chi connectivity index (χ3v) is 4.08. The van der Waals surface area contributed by atoms with E-state index in [0.717, 1.165) is 17.2 Å². The molecular weight excluding hydrogens is 383 g/mol. The summed E-state index contributed by atoms with van der Waals surface area (Å²) in [6, 6.07) is 10.5. The normalized spacial score (nSPS) is 10.5. The number of halogens is 3. The highest BCUT2D eigenvalue weighted by Crippen LogP contribution is 2.20. The fraction of sp³-hybridized carbons (Fsp3) is 0.0952. The van der Waals surface area contributed by atoms with Gasteiger partial charge in [-0.15, -0.1) is 0 Å². The highest BCUT2D eigenvalue weighted by Gasteiger charge is 2.17. The molecule has 0 radical (unpaired) electrons. The van der Waals surface area contributed by atoms with Crippen LogP contribution in [-0.4, -0.2) is 16.8 Å². The molecule has 0 bridgehead atoms. The number of amides is 2. The monoisotopic (exact) mass is 399 g/mol. The first-order chi connectivity index (χ1) is 13.8. The van der Waals surface area contributed by atoms with E-state index in [2.05, 4.69) is 15.6 Å². The molecule has 2 amide bonds. The van der Waals surface area contributed by atoms with Crippen molar-refractivity contribution in [3.05, 3.63) is 94.6 Å². The molecule has 1 heterocycles. The third-order valence-electron chi connectivity index (χ3n) is 4.08. The maximum atomic E-state index is 13.7. The fourth-order valence-electron chi connectivity index (χ4n) is 2.61. The maximum Gasteiger partial charge on any atom is 0.257 e. The van der Waals surface area contributed by atoms with E-state index in [4.69, 9.17) is 0 Å². The Morgan fingerprint density at radius 3 is 2.38 bits per heavy atom. The lowest BCUT2D eigenvalue weighted by molar-refractivity contribution is 0.0950. The molecular formula is C21H16F3N3O2. The van der Waals surface area contributed by atoms with Crippen molar-refractivity contribution in [3.8, 4) is 0 Å². The van der Waals surface area contributed by atoms with Crippen molar-refractivity contribution in [3.63, 3.8) is 0 Å². The van der Waals surface area contributed by atoms with Crippen LogP contribution in [0.3, 0.4) is 0 Å². The SMILES string of the molecule is Cc1cccc(CNC(=O)c2cncc(C(=O)Nc3ccc(F)c(F)c3F)c2)c1. The molecule has 0 saturated carbocycles. The van der Waals surface area contributed by atoms with Crippen LogP contribution in [0, 0.1) is 24.4 Å². The molecule has 0 unspecified atom stereocenters. The number of carbonyl (C=O) groups excluding carboxylic acids is 2. The maximum absolute atomic E-state index is 13.7. The standard InChI is InChI=1S/C21H16F3N3O2/c1-12-3-2-4-13(7-12)9-26-20(28)14-8-15(11-25-10-14)21(29)27-17-6-5-16(22)18(23)19(17)24/h2-8,10-11H,9H2,1H3,(H,26,28)(H,27,29). The van der Waals surface area contributed by atoms with Gasteiger partial charge in [0.25, 0.3) is 11.8 Å². The average Bonchev–Trinajstić information content (AvgIpc) is 2.72. The zero-order valence-electron chi connectivity index (χ0n) is 15.3. The molecule has 0 spiro atoms. The van der Waals surface area contributed by atoms with Gasteiger partial charge in [0.1, 0.15) is 0 Å². The van der Waals surface area contributed by atoms with Gasteiger partial charge >= 0.3 is 0 Å². The van der Waals surface area contributed by atoms with Gasteiger partial charge in [-0.2, -0.15) is 0 Å². The van der Waals surface area contributed by atoms with Crippen molar-refractivity contribution in [1.29, 1.82) is 0 Å². The number of nitrogens with zero attached hydrogens (tertiary/aromatic N) is 1. The molecule has 1 aromatic heterocycles. The van der Waals surface area contributed by atoms with Crippen LogP contribution in [-0.2, 0) is 6.54 Å². The van der Waals surface area contributed by atoms with Crippen molar-refractivity contribution in [2.45, 2.75) is 13.5 Å². The van der Waals surface area contributed by atoms with Crippen LogP contribution < -0.4 is 10.6 Å². The molecule has 0 aliphatic rings. The van der Waals surface area contributed by atoms with E-state index in [1.165, 1.54) is 18.5 Å². The zero-order chi connectivity index (χ0) is 21.0. The Morgan fingerprint density at radius 1 is 0.931 bits per heavy atom. The molecule has 3 aromatic rings. The second kappa shape index (κ2) is 8.55. The van der Waals surface area contributed by atoms with Gasteiger partial charge in [-0.1, -0.05) is 29.8 Å². The van der Waals surface area contributed by atoms with Crippen molar-refractivity contribution < 1.29 is 22.8 Å². The van der Waals surface area contributed by atoms with E-state index < -0.39 is 35.0 Å². The summed E-state index contributed by atoms with van der Waals surface area (Å²) in [6.07, 6.45) is 2.45.